The van der Waals surface area contributed by atoms with Crippen molar-refractivity contribution in [2.75, 3.05) is 0 Å². The molecule has 0 heterocycles. The lowest BCUT2D eigenvalue weighted by Crippen LogP contribution is -2.13. The average Bonchev–Trinajstić information content (AvgIpc) is 2.21. The molecule has 0 rings (SSSR count). The van der Waals surface area contributed by atoms with Crippen LogP contribution in [-0.2, 0) is 9.59 Å². The Bertz CT molecular complexity index is 225. The van der Waals surface area contributed by atoms with Gasteiger partial charge in [-0.2, -0.15) is 0 Å². The molecule has 2 unspecified atom stereocenters. The third-order valence-corrected chi connectivity index (χ3v) is 3.05. The van der Waals surface area contributed by atoms with Crippen molar-refractivity contribution in [3.05, 3.63) is 0 Å². The standard InChI is InChI=1S/C12H22O4/c1-3-9(5-6-11(13)14)7-10(4-2)8-12(15)16/h9-10H,3-8H2,1-2H3,(H,13,14)(H,15,16). The second-order valence-electron chi connectivity index (χ2n) is 4.31. The van der Waals surface area contributed by atoms with Crippen molar-refractivity contribution in [1.82, 2.24) is 0 Å². The molecule has 0 aliphatic heterocycles. The van der Waals surface area contributed by atoms with Crippen molar-refractivity contribution >= 4 is 11.9 Å². The highest BCUT2D eigenvalue weighted by Crippen LogP contribution is 2.25. The molecule has 4 heteroatoms. The second kappa shape index (κ2) is 8.13. The summed E-state index contributed by atoms with van der Waals surface area (Å²) < 4.78 is 0. The van der Waals surface area contributed by atoms with Crippen LogP contribution in [0.2, 0.25) is 0 Å². The van der Waals surface area contributed by atoms with Gasteiger partial charge in [0.15, 0.2) is 0 Å². The fraction of sp³-hybridized carbons (Fsp3) is 0.833. The number of carboxylic acids is 2. The maximum atomic E-state index is 10.6. The van der Waals surface area contributed by atoms with E-state index in [1.807, 2.05) is 13.8 Å². The Kier molecular flexibility index (Phi) is 7.60. The number of rotatable bonds is 9. The molecular formula is C12H22O4. The summed E-state index contributed by atoms with van der Waals surface area (Å²) in [5.41, 5.74) is 0. The lowest BCUT2D eigenvalue weighted by molar-refractivity contribution is -0.139. The molecule has 0 fully saturated rings. The molecule has 0 aliphatic carbocycles. The molecule has 0 bridgehead atoms. The Hall–Kier alpha value is -1.06. The first kappa shape index (κ1) is 14.9. The number of aliphatic carboxylic acids is 2. The Morgan fingerprint density at radius 3 is 1.94 bits per heavy atom. The van der Waals surface area contributed by atoms with Crippen LogP contribution in [0, 0.1) is 11.8 Å². The summed E-state index contributed by atoms with van der Waals surface area (Å²) in [6.07, 6.45) is 3.62. The predicted molar refractivity (Wildman–Crippen MR) is 61.3 cm³/mol. The van der Waals surface area contributed by atoms with E-state index in [1.54, 1.807) is 0 Å². The monoisotopic (exact) mass is 230 g/mol. The van der Waals surface area contributed by atoms with E-state index in [-0.39, 0.29) is 18.8 Å². The largest absolute Gasteiger partial charge is 0.481 e. The first-order chi connectivity index (χ1) is 7.49. The van der Waals surface area contributed by atoms with Gasteiger partial charge in [-0.05, 0) is 24.7 Å². The van der Waals surface area contributed by atoms with Gasteiger partial charge in [0.05, 0.1) is 0 Å². The van der Waals surface area contributed by atoms with Crippen molar-refractivity contribution in [2.45, 2.75) is 52.4 Å². The van der Waals surface area contributed by atoms with Crippen LogP contribution in [0.5, 0.6) is 0 Å². The summed E-state index contributed by atoms with van der Waals surface area (Å²) in [6.45, 7) is 4.01. The van der Waals surface area contributed by atoms with Gasteiger partial charge in [0.1, 0.15) is 0 Å². The zero-order chi connectivity index (χ0) is 12.6. The molecule has 2 atom stereocenters. The SMILES string of the molecule is CCC(CCC(=O)O)CC(CC)CC(=O)O. The summed E-state index contributed by atoms with van der Waals surface area (Å²) in [5, 5.41) is 17.3. The van der Waals surface area contributed by atoms with Crippen LogP contribution in [0.3, 0.4) is 0 Å². The minimum atomic E-state index is -0.773. The van der Waals surface area contributed by atoms with Crippen LogP contribution in [-0.4, -0.2) is 22.2 Å². The quantitative estimate of drug-likeness (QED) is 0.638. The summed E-state index contributed by atoms with van der Waals surface area (Å²) in [4.78, 5) is 21.1. The third kappa shape index (κ3) is 7.26. The lowest BCUT2D eigenvalue weighted by Gasteiger charge is -2.19. The van der Waals surface area contributed by atoms with E-state index in [9.17, 15) is 9.59 Å². The average molecular weight is 230 g/mol. The fourth-order valence-electron chi connectivity index (χ4n) is 1.93. The van der Waals surface area contributed by atoms with Gasteiger partial charge in [0, 0.05) is 12.8 Å². The molecule has 4 nitrogen and oxygen atoms in total. The first-order valence-corrected chi connectivity index (χ1v) is 5.93. The Balaban J connectivity index is 4.05. The van der Waals surface area contributed by atoms with Gasteiger partial charge in [0.25, 0.3) is 0 Å². The van der Waals surface area contributed by atoms with E-state index in [1.165, 1.54) is 0 Å². The zero-order valence-electron chi connectivity index (χ0n) is 10.1. The Labute approximate surface area is 96.7 Å². The zero-order valence-corrected chi connectivity index (χ0v) is 10.1. The molecule has 2 N–H and O–H groups in total. The van der Waals surface area contributed by atoms with E-state index in [2.05, 4.69) is 0 Å². The molecule has 0 amide bonds. The van der Waals surface area contributed by atoms with Crippen molar-refractivity contribution in [3.63, 3.8) is 0 Å². The maximum Gasteiger partial charge on any atom is 0.303 e. The van der Waals surface area contributed by atoms with Gasteiger partial charge in [-0.3, -0.25) is 9.59 Å². The topological polar surface area (TPSA) is 74.6 Å². The van der Waals surface area contributed by atoms with E-state index in [0.717, 1.165) is 19.3 Å². The number of carbonyl (C=O) groups is 2. The molecule has 0 radical (unpaired) electrons. The van der Waals surface area contributed by atoms with Gasteiger partial charge in [-0.15, -0.1) is 0 Å². The molecular weight excluding hydrogens is 208 g/mol. The molecule has 0 aromatic rings. The molecule has 94 valence electrons. The van der Waals surface area contributed by atoms with E-state index in [4.69, 9.17) is 10.2 Å². The molecule has 0 aromatic carbocycles. The smallest absolute Gasteiger partial charge is 0.303 e. The summed E-state index contributed by atoms with van der Waals surface area (Å²) >= 11 is 0. The normalized spacial score (nSPS) is 14.4. The first-order valence-electron chi connectivity index (χ1n) is 5.93. The van der Waals surface area contributed by atoms with Crippen LogP contribution in [0.4, 0.5) is 0 Å². The predicted octanol–water partition coefficient (Wildman–Crippen LogP) is 2.77. The van der Waals surface area contributed by atoms with Gasteiger partial charge in [-0.1, -0.05) is 26.7 Å². The summed E-state index contributed by atoms with van der Waals surface area (Å²) in [7, 11) is 0. The summed E-state index contributed by atoms with van der Waals surface area (Å²) in [5.74, 6) is -1.03. The van der Waals surface area contributed by atoms with Crippen molar-refractivity contribution in [3.8, 4) is 0 Å². The number of hydrogen-bond acceptors (Lipinski definition) is 2. The van der Waals surface area contributed by atoms with Gasteiger partial charge >= 0.3 is 11.9 Å². The number of hydrogen-bond donors (Lipinski definition) is 2. The van der Waals surface area contributed by atoms with Crippen LogP contribution >= 0.6 is 0 Å². The minimum absolute atomic E-state index is 0.177. The molecule has 0 spiro atoms. The van der Waals surface area contributed by atoms with E-state index >= 15 is 0 Å². The van der Waals surface area contributed by atoms with E-state index < -0.39 is 11.9 Å². The molecule has 16 heavy (non-hydrogen) atoms. The van der Waals surface area contributed by atoms with E-state index in [0.29, 0.717) is 12.3 Å². The van der Waals surface area contributed by atoms with Crippen LogP contribution in [0.25, 0.3) is 0 Å². The van der Waals surface area contributed by atoms with Crippen molar-refractivity contribution < 1.29 is 19.8 Å². The third-order valence-electron chi connectivity index (χ3n) is 3.05. The van der Waals surface area contributed by atoms with Crippen LogP contribution in [0.15, 0.2) is 0 Å². The molecule has 0 saturated carbocycles. The Morgan fingerprint density at radius 1 is 1.00 bits per heavy atom. The van der Waals surface area contributed by atoms with Crippen LogP contribution in [0.1, 0.15) is 52.4 Å². The highest BCUT2D eigenvalue weighted by atomic mass is 16.4. The lowest BCUT2D eigenvalue weighted by atomic mass is 9.86. The maximum absolute atomic E-state index is 10.6. The summed E-state index contributed by atoms with van der Waals surface area (Å²) in [6, 6.07) is 0. The van der Waals surface area contributed by atoms with Gasteiger partial charge < -0.3 is 10.2 Å². The van der Waals surface area contributed by atoms with Crippen molar-refractivity contribution in [2.24, 2.45) is 11.8 Å². The molecule has 0 saturated heterocycles. The fourth-order valence-corrected chi connectivity index (χ4v) is 1.93. The van der Waals surface area contributed by atoms with Gasteiger partial charge in [-0.25, -0.2) is 0 Å². The highest BCUT2D eigenvalue weighted by molar-refractivity contribution is 5.67. The van der Waals surface area contributed by atoms with Crippen LogP contribution < -0.4 is 0 Å². The molecule has 0 aliphatic rings. The van der Waals surface area contributed by atoms with Gasteiger partial charge in [0.2, 0.25) is 0 Å². The number of carboxylic acid groups (broad SMARTS) is 2. The molecule has 0 aromatic heterocycles. The Morgan fingerprint density at radius 2 is 1.56 bits per heavy atom. The minimum Gasteiger partial charge on any atom is -0.481 e. The second-order valence-corrected chi connectivity index (χ2v) is 4.31. The van der Waals surface area contributed by atoms with Crippen molar-refractivity contribution in [1.29, 1.82) is 0 Å². The highest BCUT2D eigenvalue weighted by Gasteiger charge is 2.17.